The van der Waals surface area contributed by atoms with E-state index in [9.17, 15) is 18.0 Å². The lowest BCUT2D eigenvalue weighted by molar-refractivity contribution is -0.137. The predicted molar refractivity (Wildman–Crippen MR) is 92.8 cm³/mol. The van der Waals surface area contributed by atoms with E-state index in [2.05, 4.69) is 15.2 Å². The molecule has 2 heterocycles. The third kappa shape index (κ3) is 4.82. The number of likely N-dealkylation sites (tertiary alicyclic amines) is 1. The molecule has 1 saturated heterocycles. The number of rotatable bonds is 4. The van der Waals surface area contributed by atoms with Gasteiger partial charge in [-0.3, -0.25) is 14.7 Å². The van der Waals surface area contributed by atoms with E-state index in [0.29, 0.717) is 5.69 Å². The van der Waals surface area contributed by atoms with Crippen LogP contribution in [0.4, 0.5) is 18.9 Å². The Morgan fingerprint density at radius 2 is 1.73 bits per heavy atom. The second kappa shape index (κ2) is 7.86. The smallest absolute Gasteiger partial charge is 0.321 e. The second-order valence-corrected chi connectivity index (χ2v) is 6.40. The lowest BCUT2D eigenvalue weighted by Gasteiger charge is -2.25. The van der Waals surface area contributed by atoms with Crippen LogP contribution in [-0.2, 0) is 12.7 Å². The third-order valence-electron chi connectivity index (χ3n) is 4.39. The van der Waals surface area contributed by atoms with Crippen LogP contribution in [0.25, 0.3) is 0 Å². The summed E-state index contributed by atoms with van der Waals surface area (Å²) in [7, 11) is 0. The Labute approximate surface area is 150 Å². The molecule has 1 aromatic carbocycles. The lowest BCUT2D eigenvalue weighted by Crippen LogP contribution is -2.29. The molecule has 0 spiro atoms. The van der Waals surface area contributed by atoms with Crippen molar-refractivity contribution in [3.05, 3.63) is 59.4 Å². The third-order valence-corrected chi connectivity index (χ3v) is 4.39. The van der Waals surface area contributed by atoms with E-state index in [1.807, 2.05) is 6.07 Å². The number of nitrogens with zero attached hydrogens (tertiary/aromatic N) is 2. The monoisotopic (exact) mass is 363 g/mol. The highest BCUT2D eigenvalue weighted by Gasteiger charge is 2.30. The van der Waals surface area contributed by atoms with Crippen LogP contribution in [0.1, 0.15) is 40.9 Å². The lowest BCUT2D eigenvalue weighted by atomic mass is 10.1. The molecule has 2 aromatic rings. The van der Waals surface area contributed by atoms with Gasteiger partial charge in [-0.05, 0) is 62.3 Å². The van der Waals surface area contributed by atoms with Crippen LogP contribution >= 0.6 is 0 Å². The van der Waals surface area contributed by atoms with Crippen LogP contribution in [0.2, 0.25) is 0 Å². The second-order valence-electron chi connectivity index (χ2n) is 6.40. The zero-order chi connectivity index (χ0) is 18.6. The highest BCUT2D eigenvalue weighted by Crippen LogP contribution is 2.29. The number of nitrogens with one attached hydrogen (secondary N) is 1. The van der Waals surface area contributed by atoms with Crippen LogP contribution in [-0.4, -0.2) is 28.9 Å². The number of pyridine rings is 1. The van der Waals surface area contributed by atoms with Gasteiger partial charge in [-0.15, -0.1) is 0 Å². The maximum atomic E-state index is 12.6. The SMILES string of the molecule is O=C(Nc1ccc(CN2CCCCC2)nc1)c1ccc(C(F)(F)F)cc1. The van der Waals surface area contributed by atoms with Crippen molar-refractivity contribution in [1.29, 1.82) is 0 Å². The molecule has 0 unspecified atom stereocenters. The molecule has 138 valence electrons. The molecule has 1 amide bonds. The molecule has 26 heavy (non-hydrogen) atoms. The van der Waals surface area contributed by atoms with Crippen molar-refractivity contribution in [3.8, 4) is 0 Å². The Balaban J connectivity index is 1.58. The molecule has 0 bridgehead atoms. The van der Waals surface area contributed by atoms with Gasteiger partial charge in [0.15, 0.2) is 0 Å². The number of benzene rings is 1. The summed E-state index contributed by atoms with van der Waals surface area (Å²) in [6, 6.07) is 7.74. The molecule has 4 nitrogen and oxygen atoms in total. The summed E-state index contributed by atoms with van der Waals surface area (Å²) in [6.45, 7) is 2.94. The van der Waals surface area contributed by atoms with E-state index in [1.54, 1.807) is 12.3 Å². The summed E-state index contributed by atoms with van der Waals surface area (Å²) in [5, 5.41) is 2.65. The van der Waals surface area contributed by atoms with Crippen molar-refractivity contribution in [1.82, 2.24) is 9.88 Å². The molecule has 0 atom stereocenters. The topological polar surface area (TPSA) is 45.2 Å². The van der Waals surface area contributed by atoms with E-state index in [1.165, 1.54) is 19.3 Å². The highest BCUT2D eigenvalue weighted by molar-refractivity contribution is 6.04. The quantitative estimate of drug-likeness (QED) is 0.879. The number of alkyl halides is 3. The first-order valence-corrected chi connectivity index (χ1v) is 8.58. The van der Waals surface area contributed by atoms with Gasteiger partial charge in [0.25, 0.3) is 5.91 Å². The van der Waals surface area contributed by atoms with Crippen molar-refractivity contribution in [2.45, 2.75) is 32.0 Å². The zero-order valence-electron chi connectivity index (χ0n) is 14.2. The summed E-state index contributed by atoms with van der Waals surface area (Å²) in [5.74, 6) is -0.468. The zero-order valence-corrected chi connectivity index (χ0v) is 14.2. The fourth-order valence-electron chi connectivity index (χ4n) is 2.95. The number of anilines is 1. The number of carbonyl (C=O) groups is 1. The van der Waals surface area contributed by atoms with Gasteiger partial charge in [-0.25, -0.2) is 0 Å². The maximum absolute atomic E-state index is 12.6. The summed E-state index contributed by atoms with van der Waals surface area (Å²) < 4.78 is 37.7. The normalized spacial score (nSPS) is 15.7. The Hall–Kier alpha value is -2.41. The fraction of sp³-hybridized carbons (Fsp3) is 0.368. The number of carbonyl (C=O) groups excluding carboxylic acids is 1. The number of amides is 1. The van der Waals surface area contributed by atoms with E-state index >= 15 is 0 Å². The van der Waals surface area contributed by atoms with Crippen molar-refractivity contribution in [2.24, 2.45) is 0 Å². The standard InChI is InChI=1S/C19H20F3N3O/c20-19(21,22)15-6-4-14(5-7-15)18(26)24-16-8-9-17(23-12-16)13-25-10-2-1-3-11-25/h4-9,12H,1-3,10-11,13H2,(H,24,26). The number of halogens is 3. The Kier molecular flexibility index (Phi) is 5.56. The van der Waals surface area contributed by atoms with Gasteiger partial charge in [0.1, 0.15) is 0 Å². The van der Waals surface area contributed by atoms with Gasteiger partial charge in [-0.1, -0.05) is 6.42 Å². The van der Waals surface area contributed by atoms with E-state index in [-0.39, 0.29) is 5.56 Å². The van der Waals surface area contributed by atoms with Gasteiger partial charge in [0.05, 0.1) is 23.1 Å². The van der Waals surface area contributed by atoms with Crippen LogP contribution in [0, 0.1) is 0 Å². The first-order chi connectivity index (χ1) is 12.4. The van der Waals surface area contributed by atoms with Gasteiger partial charge in [-0.2, -0.15) is 13.2 Å². The van der Waals surface area contributed by atoms with Crippen LogP contribution in [0.5, 0.6) is 0 Å². The average molecular weight is 363 g/mol. The molecular formula is C19H20F3N3O. The molecular weight excluding hydrogens is 343 g/mol. The molecule has 7 heteroatoms. The summed E-state index contributed by atoms with van der Waals surface area (Å²) >= 11 is 0. The predicted octanol–water partition coefficient (Wildman–Crippen LogP) is 4.34. The van der Waals surface area contributed by atoms with E-state index in [0.717, 1.165) is 49.6 Å². The molecule has 0 radical (unpaired) electrons. The van der Waals surface area contributed by atoms with Gasteiger partial charge < -0.3 is 5.32 Å². The number of aromatic nitrogens is 1. The Bertz CT molecular complexity index is 736. The van der Waals surface area contributed by atoms with Gasteiger partial charge in [0.2, 0.25) is 0 Å². The van der Waals surface area contributed by atoms with Crippen molar-refractivity contribution < 1.29 is 18.0 Å². The van der Waals surface area contributed by atoms with Gasteiger partial charge in [0, 0.05) is 12.1 Å². The summed E-state index contributed by atoms with van der Waals surface area (Å²) in [5.41, 5.74) is 0.824. The maximum Gasteiger partial charge on any atom is 0.416 e. The molecule has 0 aliphatic carbocycles. The fourth-order valence-corrected chi connectivity index (χ4v) is 2.95. The molecule has 1 aromatic heterocycles. The largest absolute Gasteiger partial charge is 0.416 e. The minimum atomic E-state index is -4.41. The first kappa shape index (κ1) is 18.4. The number of piperidine rings is 1. The average Bonchev–Trinajstić information content (AvgIpc) is 2.63. The van der Waals surface area contributed by atoms with Crippen molar-refractivity contribution >= 4 is 11.6 Å². The Morgan fingerprint density at radius 1 is 1.04 bits per heavy atom. The highest BCUT2D eigenvalue weighted by atomic mass is 19.4. The van der Waals surface area contributed by atoms with E-state index < -0.39 is 17.6 Å². The molecule has 0 saturated carbocycles. The minimum Gasteiger partial charge on any atom is -0.321 e. The van der Waals surface area contributed by atoms with Crippen LogP contribution in [0.3, 0.4) is 0 Å². The molecule has 1 N–H and O–H groups in total. The molecule has 3 rings (SSSR count). The van der Waals surface area contributed by atoms with Crippen LogP contribution < -0.4 is 5.32 Å². The first-order valence-electron chi connectivity index (χ1n) is 8.58. The number of hydrogen-bond acceptors (Lipinski definition) is 3. The number of hydrogen-bond donors (Lipinski definition) is 1. The van der Waals surface area contributed by atoms with Gasteiger partial charge >= 0.3 is 6.18 Å². The summed E-state index contributed by atoms with van der Waals surface area (Å²) in [6.07, 6.45) is 0.853. The van der Waals surface area contributed by atoms with Crippen molar-refractivity contribution in [2.75, 3.05) is 18.4 Å². The molecule has 1 aliphatic heterocycles. The van der Waals surface area contributed by atoms with Crippen LogP contribution in [0.15, 0.2) is 42.6 Å². The molecule has 1 fully saturated rings. The Morgan fingerprint density at radius 3 is 2.31 bits per heavy atom. The minimum absolute atomic E-state index is 0.162. The summed E-state index contributed by atoms with van der Waals surface area (Å²) in [4.78, 5) is 18.9. The molecule has 1 aliphatic rings. The van der Waals surface area contributed by atoms with Crippen molar-refractivity contribution in [3.63, 3.8) is 0 Å². The van der Waals surface area contributed by atoms with E-state index in [4.69, 9.17) is 0 Å².